The number of halogens is 3. The van der Waals surface area contributed by atoms with E-state index in [1.54, 1.807) is 29.9 Å². The number of hydrogen-bond donors (Lipinski definition) is 0. The van der Waals surface area contributed by atoms with E-state index in [0.717, 1.165) is 5.56 Å². The van der Waals surface area contributed by atoms with Gasteiger partial charge in [0.15, 0.2) is 5.69 Å². The van der Waals surface area contributed by atoms with Crippen LogP contribution >= 0.6 is 0 Å². The number of ether oxygens (including phenoxy) is 2. The van der Waals surface area contributed by atoms with Crippen molar-refractivity contribution < 1.29 is 27.4 Å². The van der Waals surface area contributed by atoms with Crippen molar-refractivity contribution >= 4 is 16.9 Å². The van der Waals surface area contributed by atoms with Gasteiger partial charge in [-0.3, -0.25) is 4.68 Å². The fourth-order valence-corrected chi connectivity index (χ4v) is 2.67. The highest BCUT2D eigenvalue weighted by atomic mass is 19.4. The van der Waals surface area contributed by atoms with Crippen molar-refractivity contribution in [3.05, 3.63) is 53.5 Å². The molecule has 9 heteroatoms. The van der Waals surface area contributed by atoms with Gasteiger partial charge in [0, 0.05) is 12.4 Å². The van der Waals surface area contributed by atoms with Gasteiger partial charge in [-0.15, -0.1) is 13.2 Å². The van der Waals surface area contributed by atoms with Gasteiger partial charge in [0.25, 0.3) is 0 Å². The Morgan fingerprint density at radius 2 is 2.04 bits per heavy atom. The predicted octanol–water partition coefficient (Wildman–Crippen LogP) is 3.86. The molecule has 0 amide bonds. The van der Waals surface area contributed by atoms with E-state index in [2.05, 4.69) is 14.8 Å². The van der Waals surface area contributed by atoms with Crippen molar-refractivity contribution in [2.45, 2.75) is 26.8 Å². The molecule has 1 aromatic carbocycles. The molecule has 0 N–H and O–H groups in total. The number of hydrogen-bond acceptors (Lipinski definition) is 5. The third kappa shape index (κ3) is 4.36. The molecule has 2 heterocycles. The van der Waals surface area contributed by atoms with Crippen LogP contribution < -0.4 is 4.74 Å². The summed E-state index contributed by atoms with van der Waals surface area (Å²) in [5.74, 6) is -0.780. The molecule has 142 valence electrons. The van der Waals surface area contributed by atoms with Crippen molar-refractivity contribution in [3.63, 3.8) is 0 Å². The maximum atomic E-state index is 12.4. The van der Waals surface area contributed by atoms with Gasteiger partial charge in [-0.25, -0.2) is 9.78 Å². The zero-order chi connectivity index (χ0) is 19.6. The Hall–Kier alpha value is -3.10. The molecule has 0 radical (unpaired) electrons. The van der Waals surface area contributed by atoms with Crippen LogP contribution in [0.3, 0.4) is 0 Å². The molecule has 6 nitrogen and oxygen atoms in total. The molecule has 0 aliphatic carbocycles. The summed E-state index contributed by atoms with van der Waals surface area (Å²) in [5.41, 5.74) is 1.84. The number of carbonyl (C=O) groups is 1. The molecule has 0 bridgehead atoms. The largest absolute Gasteiger partial charge is 0.573 e. The van der Waals surface area contributed by atoms with Crippen LogP contribution in [0.2, 0.25) is 0 Å². The third-order valence-corrected chi connectivity index (χ3v) is 3.76. The Balaban J connectivity index is 1.86. The molecule has 0 unspecified atom stereocenters. The van der Waals surface area contributed by atoms with Crippen LogP contribution in [0.25, 0.3) is 10.9 Å². The Labute approximate surface area is 152 Å². The van der Waals surface area contributed by atoms with Crippen LogP contribution in [-0.2, 0) is 11.3 Å². The second kappa shape index (κ2) is 7.26. The molecule has 0 saturated carbocycles. The first-order chi connectivity index (χ1) is 12.8. The van der Waals surface area contributed by atoms with Crippen molar-refractivity contribution in [1.29, 1.82) is 0 Å². The summed E-state index contributed by atoms with van der Waals surface area (Å²) in [5, 5.41) is 4.93. The van der Waals surface area contributed by atoms with Crippen LogP contribution in [0.4, 0.5) is 13.2 Å². The number of pyridine rings is 1. The SMILES string of the molecule is CCOC(=O)c1nccc2nn(Cc3ccc(OC(F)(F)F)c(C)c3)cc12. The maximum absolute atomic E-state index is 12.4. The monoisotopic (exact) mass is 379 g/mol. The molecule has 0 aliphatic heterocycles. The molecule has 0 aliphatic rings. The molecule has 3 aromatic rings. The van der Waals surface area contributed by atoms with E-state index in [0.29, 0.717) is 23.0 Å². The minimum Gasteiger partial charge on any atom is -0.461 e. The summed E-state index contributed by atoms with van der Waals surface area (Å²) in [6, 6.07) is 6.07. The average Bonchev–Trinajstić information content (AvgIpc) is 2.98. The van der Waals surface area contributed by atoms with Gasteiger partial charge in [0.05, 0.1) is 24.1 Å². The zero-order valence-electron chi connectivity index (χ0n) is 14.6. The lowest BCUT2D eigenvalue weighted by atomic mass is 10.1. The second-order valence-electron chi connectivity index (χ2n) is 5.79. The molecular formula is C18H16F3N3O3. The quantitative estimate of drug-likeness (QED) is 0.630. The van der Waals surface area contributed by atoms with Gasteiger partial charge in [0.2, 0.25) is 0 Å². The second-order valence-corrected chi connectivity index (χ2v) is 5.79. The number of esters is 1. The number of fused-ring (bicyclic) bond motifs is 1. The first kappa shape index (κ1) is 18.7. The van der Waals surface area contributed by atoms with Crippen LogP contribution in [0.1, 0.15) is 28.5 Å². The summed E-state index contributed by atoms with van der Waals surface area (Å²) in [4.78, 5) is 16.0. The van der Waals surface area contributed by atoms with E-state index in [4.69, 9.17) is 4.74 Å². The minimum absolute atomic E-state index is 0.172. The Morgan fingerprint density at radius 1 is 1.26 bits per heavy atom. The number of aromatic nitrogens is 3. The van der Waals surface area contributed by atoms with Crippen molar-refractivity contribution in [2.75, 3.05) is 6.61 Å². The molecule has 0 spiro atoms. The van der Waals surface area contributed by atoms with Crippen molar-refractivity contribution in [3.8, 4) is 5.75 Å². The summed E-state index contributed by atoms with van der Waals surface area (Å²) in [6.07, 6.45) is -1.61. The lowest BCUT2D eigenvalue weighted by Gasteiger charge is -2.12. The molecule has 0 saturated heterocycles. The van der Waals surface area contributed by atoms with E-state index in [-0.39, 0.29) is 18.1 Å². The summed E-state index contributed by atoms with van der Waals surface area (Å²) >= 11 is 0. The van der Waals surface area contributed by atoms with Gasteiger partial charge in [-0.1, -0.05) is 12.1 Å². The van der Waals surface area contributed by atoms with Crippen LogP contribution in [0.15, 0.2) is 36.7 Å². The predicted molar refractivity (Wildman–Crippen MR) is 90.4 cm³/mol. The summed E-state index contributed by atoms with van der Waals surface area (Å²) < 4.78 is 47.6. The Kier molecular flexibility index (Phi) is 5.02. The molecule has 3 rings (SSSR count). The third-order valence-electron chi connectivity index (χ3n) is 3.76. The number of nitrogens with zero attached hydrogens (tertiary/aromatic N) is 3. The topological polar surface area (TPSA) is 66.2 Å². The Morgan fingerprint density at radius 3 is 2.70 bits per heavy atom. The highest BCUT2D eigenvalue weighted by Crippen LogP contribution is 2.27. The molecule has 2 aromatic heterocycles. The summed E-state index contributed by atoms with van der Waals surface area (Å²) in [6.45, 7) is 3.78. The van der Waals surface area contributed by atoms with E-state index >= 15 is 0 Å². The van der Waals surface area contributed by atoms with Gasteiger partial charge in [-0.2, -0.15) is 5.10 Å². The minimum atomic E-state index is -4.73. The number of alkyl halides is 3. The van der Waals surface area contributed by atoms with Gasteiger partial charge < -0.3 is 9.47 Å². The highest BCUT2D eigenvalue weighted by molar-refractivity contribution is 6.01. The fraction of sp³-hybridized carbons (Fsp3) is 0.278. The van der Waals surface area contributed by atoms with E-state index in [1.165, 1.54) is 25.3 Å². The van der Waals surface area contributed by atoms with Crippen LogP contribution in [0.5, 0.6) is 5.75 Å². The number of benzene rings is 1. The molecular weight excluding hydrogens is 363 g/mol. The number of carbonyl (C=O) groups excluding carboxylic acids is 1. The molecule has 27 heavy (non-hydrogen) atoms. The van der Waals surface area contributed by atoms with Gasteiger partial charge >= 0.3 is 12.3 Å². The number of rotatable bonds is 5. The molecule has 0 atom stereocenters. The maximum Gasteiger partial charge on any atom is 0.573 e. The highest BCUT2D eigenvalue weighted by Gasteiger charge is 2.31. The van der Waals surface area contributed by atoms with Crippen molar-refractivity contribution in [1.82, 2.24) is 14.8 Å². The smallest absolute Gasteiger partial charge is 0.461 e. The number of aryl methyl sites for hydroxylation is 1. The van der Waals surface area contributed by atoms with Crippen LogP contribution in [0, 0.1) is 6.92 Å². The van der Waals surface area contributed by atoms with Crippen LogP contribution in [-0.4, -0.2) is 33.7 Å². The lowest BCUT2D eigenvalue weighted by Crippen LogP contribution is -2.17. The fourth-order valence-electron chi connectivity index (χ4n) is 2.67. The summed E-state index contributed by atoms with van der Waals surface area (Å²) in [7, 11) is 0. The van der Waals surface area contributed by atoms with Gasteiger partial charge in [-0.05, 0) is 37.1 Å². The normalized spacial score (nSPS) is 11.6. The van der Waals surface area contributed by atoms with Gasteiger partial charge in [0.1, 0.15) is 5.75 Å². The zero-order valence-corrected chi connectivity index (χ0v) is 14.6. The first-order valence-corrected chi connectivity index (χ1v) is 8.11. The van der Waals surface area contributed by atoms with E-state index in [1.807, 2.05) is 0 Å². The van der Waals surface area contributed by atoms with Crippen molar-refractivity contribution in [2.24, 2.45) is 0 Å². The average molecular weight is 379 g/mol. The Bertz CT molecular complexity index is 983. The molecule has 0 fully saturated rings. The first-order valence-electron chi connectivity index (χ1n) is 8.11. The van der Waals surface area contributed by atoms with E-state index < -0.39 is 12.3 Å². The van der Waals surface area contributed by atoms with E-state index in [9.17, 15) is 18.0 Å². The lowest BCUT2D eigenvalue weighted by molar-refractivity contribution is -0.274. The standard InChI is InChI=1S/C18H16F3N3O3/c1-3-26-17(25)16-13-10-24(23-14(13)6-7-22-16)9-12-4-5-15(11(2)8-12)27-18(19,20)21/h4-8,10H,3,9H2,1-2H3.